The van der Waals surface area contributed by atoms with Crippen LogP contribution in [0.15, 0.2) is 78.0 Å². The van der Waals surface area contributed by atoms with Crippen LogP contribution in [-0.4, -0.2) is 22.4 Å². The number of benzene rings is 2. The van der Waals surface area contributed by atoms with Crippen molar-refractivity contribution in [3.8, 4) is 11.5 Å². The number of hydrogen-bond acceptors (Lipinski definition) is 5. The third-order valence-electron chi connectivity index (χ3n) is 4.06. The Hall–Kier alpha value is -2.50. The number of nitrogens with zero attached hydrogens (tertiary/aromatic N) is 3. The van der Waals surface area contributed by atoms with E-state index in [2.05, 4.69) is 33.1 Å². The van der Waals surface area contributed by atoms with E-state index in [1.807, 2.05) is 48.7 Å². The van der Waals surface area contributed by atoms with Gasteiger partial charge in [0, 0.05) is 28.9 Å². The first-order chi connectivity index (χ1) is 13.3. The van der Waals surface area contributed by atoms with Gasteiger partial charge in [-0.25, -0.2) is 0 Å². The standard InChI is InChI=1S/C21H18ClN3OS/c22-17-3-7-19(8-4-17)26-20-9-5-18(6-10-20)25(21-24-12-13-27-21)15-16-2-1-11-23-14-16/h1-11,14H,12-13,15H2. The molecule has 2 heterocycles. The van der Waals surface area contributed by atoms with Gasteiger partial charge >= 0.3 is 0 Å². The van der Waals surface area contributed by atoms with Gasteiger partial charge in [-0.05, 0) is 60.2 Å². The number of aromatic nitrogens is 1. The van der Waals surface area contributed by atoms with E-state index < -0.39 is 0 Å². The molecule has 1 aliphatic rings. The lowest BCUT2D eigenvalue weighted by Crippen LogP contribution is -2.27. The number of ether oxygens (including phenoxy) is 1. The predicted octanol–water partition coefficient (Wildman–Crippen LogP) is 5.64. The number of aliphatic imine (C=N–C) groups is 1. The van der Waals surface area contributed by atoms with Crippen molar-refractivity contribution in [2.24, 2.45) is 4.99 Å². The highest BCUT2D eigenvalue weighted by molar-refractivity contribution is 8.14. The summed E-state index contributed by atoms with van der Waals surface area (Å²) < 4.78 is 5.89. The van der Waals surface area contributed by atoms with Crippen molar-refractivity contribution in [1.82, 2.24) is 4.98 Å². The highest BCUT2D eigenvalue weighted by Crippen LogP contribution is 2.29. The molecule has 0 saturated carbocycles. The molecule has 0 fully saturated rings. The molecule has 4 rings (SSSR count). The molecular formula is C21H18ClN3OS. The Bertz CT molecular complexity index is 914. The zero-order valence-electron chi connectivity index (χ0n) is 14.6. The Balaban J connectivity index is 1.54. The first kappa shape index (κ1) is 17.9. The topological polar surface area (TPSA) is 37.7 Å². The van der Waals surface area contributed by atoms with Crippen LogP contribution >= 0.6 is 23.4 Å². The van der Waals surface area contributed by atoms with E-state index in [0.29, 0.717) is 5.02 Å². The predicted molar refractivity (Wildman–Crippen MR) is 113 cm³/mol. The van der Waals surface area contributed by atoms with Gasteiger partial charge in [-0.15, -0.1) is 0 Å². The fourth-order valence-electron chi connectivity index (χ4n) is 2.76. The van der Waals surface area contributed by atoms with Gasteiger partial charge in [0.1, 0.15) is 11.5 Å². The van der Waals surface area contributed by atoms with Crippen LogP contribution in [0.5, 0.6) is 11.5 Å². The summed E-state index contributed by atoms with van der Waals surface area (Å²) in [6.07, 6.45) is 3.68. The lowest BCUT2D eigenvalue weighted by molar-refractivity contribution is 0.483. The summed E-state index contributed by atoms with van der Waals surface area (Å²) >= 11 is 7.70. The minimum absolute atomic E-state index is 0.693. The molecule has 0 unspecified atom stereocenters. The Morgan fingerprint density at radius 3 is 2.37 bits per heavy atom. The van der Waals surface area contributed by atoms with Crippen molar-refractivity contribution < 1.29 is 4.74 Å². The number of amidine groups is 1. The molecule has 0 radical (unpaired) electrons. The van der Waals surface area contributed by atoms with Gasteiger partial charge < -0.3 is 9.64 Å². The van der Waals surface area contributed by atoms with E-state index >= 15 is 0 Å². The number of hydrogen-bond donors (Lipinski definition) is 0. The maximum atomic E-state index is 5.92. The molecule has 27 heavy (non-hydrogen) atoms. The van der Waals surface area contributed by atoms with Crippen LogP contribution < -0.4 is 9.64 Å². The number of rotatable bonds is 5. The summed E-state index contributed by atoms with van der Waals surface area (Å²) in [4.78, 5) is 11.1. The molecule has 1 aromatic heterocycles. The van der Waals surface area contributed by atoms with Crippen molar-refractivity contribution in [1.29, 1.82) is 0 Å². The molecule has 0 bridgehead atoms. The molecule has 1 aliphatic heterocycles. The molecule has 0 saturated heterocycles. The van der Waals surface area contributed by atoms with Crippen molar-refractivity contribution in [3.63, 3.8) is 0 Å². The van der Waals surface area contributed by atoms with Gasteiger partial charge in [-0.1, -0.05) is 29.4 Å². The molecule has 6 heteroatoms. The van der Waals surface area contributed by atoms with E-state index in [9.17, 15) is 0 Å². The molecule has 0 N–H and O–H groups in total. The van der Waals surface area contributed by atoms with Crippen LogP contribution in [0.3, 0.4) is 0 Å². The first-order valence-electron chi connectivity index (χ1n) is 8.65. The second kappa shape index (κ2) is 8.46. The van der Waals surface area contributed by atoms with Gasteiger partial charge in [-0.3, -0.25) is 9.98 Å². The Kier molecular flexibility index (Phi) is 5.61. The maximum absolute atomic E-state index is 5.92. The summed E-state index contributed by atoms with van der Waals surface area (Å²) in [5.41, 5.74) is 2.23. The van der Waals surface area contributed by atoms with Crippen molar-refractivity contribution in [3.05, 3.63) is 83.6 Å². The molecule has 0 aliphatic carbocycles. The minimum Gasteiger partial charge on any atom is -0.457 e. The SMILES string of the molecule is Clc1ccc(Oc2ccc(N(Cc3cccnc3)C3=NCCS3)cc2)cc1. The number of halogens is 1. The Morgan fingerprint density at radius 1 is 1.00 bits per heavy atom. The van der Waals surface area contributed by atoms with Crippen LogP contribution in [0.2, 0.25) is 5.02 Å². The van der Waals surface area contributed by atoms with Crippen LogP contribution in [0.4, 0.5) is 5.69 Å². The summed E-state index contributed by atoms with van der Waals surface area (Å²) in [6.45, 7) is 1.60. The second-order valence-corrected chi connectivity index (χ2v) is 7.51. The third kappa shape index (κ3) is 4.62. The van der Waals surface area contributed by atoms with Crippen LogP contribution in [0.1, 0.15) is 5.56 Å². The van der Waals surface area contributed by atoms with E-state index in [4.69, 9.17) is 16.3 Å². The molecule has 0 spiro atoms. The van der Waals surface area contributed by atoms with Crippen LogP contribution in [-0.2, 0) is 6.54 Å². The molecule has 0 amide bonds. The summed E-state index contributed by atoms with van der Waals surface area (Å²) in [7, 11) is 0. The molecule has 136 valence electrons. The molecule has 4 nitrogen and oxygen atoms in total. The quantitative estimate of drug-likeness (QED) is 0.560. The lowest BCUT2D eigenvalue weighted by Gasteiger charge is -2.24. The summed E-state index contributed by atoms with van der Waals surface area (Å²) in [5.74, 6) is 2.56. The fraction of sp³-hybridized carbons (Fsp3) is 0.143. The zero-order chi connectivity index (χ0) is 18.5. The van der Waals surface area contributed by atoms with Crippen LogP contribution in [0, 0.1) is 0 Å². The molecule has 0 atom stereocenters. The third-order valence-corrected chi connectivity index (χ3v) is 5.31. The minimum atomic E-state index is 0.693. The maximum Gasteiger partial charge on any atom is 0.164 e. The lowest BCUT2D eigenvalue weighted by atomic mass is 10.2. The highest BCUT2D eigenvalue weighted by atomic mass is 35.5. The monoisotopic (exact) mass is 395 g/mol. The van der Waals surface area contributed by atoms with E-state index in [1.165, 1.54) is 0 Å². The number of thioether (sulfide) groups is 1. The zero-order valence-corrected chi connectivity index (χ0v) is 16.2. The van der Waals surface area contributed by atoms with Gasteiger partial charge in [-0.2, -0.15) is 0 Å². The summed E-state index contributed by atoms with van der Waals surface area (Å²) in [6, 6.07) is 19.4. The number of anilines is 1. The van der Waals surface area contributed by atoms with Gasteiger partial charge in [0.2, 0.25) is 0 Å². The van der Waals surface area contributed by atoms with Crippen molar-refractivity contribution in [2.45, 2.75) is 6.54 Å². The first-order valence-corrected chi connectivity index (χ1v) is 10.0. The fourth-order valence-corrected chi connectivity index (χ4v) is 3.76. The normalized spacial score (nSPS) is 13.3. The Labute approximate surface area is 167 Å². The van der Waals surface area contributed by atoms with E-state index in [0.717, 1.165) is 46.8 Å². The van der Waals surface area contributed by atoms with Crippen LogP contribution in [0.25, 0.3) is 0 Å². The molecule has 3 aromatic rings. The van der Waals surface area contributed by atoms with E-state index in [-0.39, 0.29) is 0 Å². The average Bonchev–Trinajstić information content (AvgIpc) is 3.24. The number of pyridine rings is 1. The smallest absolute Gasteiger partial charge is 0.164 e. The van der Waals surface area contributed by atoms with E-state index in [1.54, 1.807) is 18.0 Å². The van der Waals surface area contributed by atoms with Gasteiger partial charge in [0.15, 0.2) is 5.17 Å². The highest BCUT2D eigenvalue weighted by Gasteiger charge is 2.18. The van der Waals surface area contributed by atoms with Crippen molar-refractivity contribution in [2.75, 3.05) is 17.2 Å². The Morgan fingerprint density at radius 2 is 1.74 bits per heavy atom. The summed E-state index contributed by atoms with van der Waals surface area (Å²) in [5, 5.41) is 1.74. The second-order valence-electron chi connectivity index (χ2n) is 6.01. The van der Waals surface area contributed by atoms with Gasteiger partial charge in [0.25, 0.3) is 0 Å². The largest absolute Gasteiger partial charge is 0.457 e. The van der Waals surface area contributed by atoms with Gasteiger partial charge in [0.05, 0.1) is 13.1 Å². The molecule has 2 aromatic carbocycles. The molecular weight excluding hydrogens is 378 g/mol. The van der Waals surface area contributed by atoms with Crippen molar-refractivity contribution >= 4 is 34.2 Å². The average molecular weight is 396 g/mol.